The molecule has 5 rings (SSSR count). The highest BCUT2D eigenvalue weighted by molar-refractivity contribution is 6.21. The van der Waals surface area contributed by atoms with Crippen molar-refractivity contribution in [2.24, 2.45) is 0 Å². The van der Waals surface area contributed by atoms with Gasteiger partial charge in [-0.3, -0.25) is 0 Å². The van der Waals surface area contributed by atoms with E-state index in [9.17, 15) is 35.1 Å². The van der Waals surface area contributed by atoms with Gasteiger partial charge in [-0.05, 0) is 68.1 Å². The maximum Gasteiger partial charge on any atom is 0.419 e. The van der Waals surface area contributed by atoms with Crippen molar-refractivity contribution in [3.63, 3.8) is 0 Å². The lowest BCUT2D eigenvalue weighted by molar-refractivity contribution is -0.140. The molecule has 0 N–H and O–H groups in total. The van der Waals surface area contributed by atoms with Gasteiger partial charge in [0.2, 0.25) is 0 Å². The molecular formula is C28H14F8. The van der Waals surface area contributed by atoms with Crippen molar-refractivity contribution in [2.45, 2.75) is 12.4 Å². The number of benzene rings is 5. The molecule has 0 aliphatic heterocycles. The molecule has 0 spiro atoms. The fraction of sp³-hybridized carbons (Fsp3) is 0.0714. The van der Waals surface area contributed by atoms with Gasteiger partial charge in [-0.1, -0.05) is 60.7 Å². The minimum Gasteiger partial charge on any atom is -0.206 e. The van der Waals surface area contributed by atoms with Crippen LogP contribution in [0.3, 0.4) is 0 Å². The van der Waals surface area contributed by atoms with Crippen molar-refractivity contribution in [3.8, 4) is 22.3 Å². The Hall–Kier alpha value is -3.94. The number of fused-ring (bicyclic) bond motifs is 2. The van der Waals surface area contributed by atoms with Crippen LogP contribution in [0.25, 0.3) is 43.8 Å². The summed E-state index contributed by atoms with van der Waals surface area (Å²) in [6, 6.07) is 18.5. The molecule has 5 aromatic carbocycles. The van der Waals surface area contributed by atoms with E-state index in [1.807, 2.05) is 0 Å². The Balaban J connectivity index is 1.91. The van der Waals surface area contributed by atoms with E-state index in [0.717, 1.165) is 24.3 Å². The summed E-state index contributed by atoms with van der Waals surface area (Å²) in [6.45, 7) is 0. The highest BCUT2D eigenvalue weighted by Gasteiger charge is 2.35. The smallest absolute Gasteiger partial charge is 0.206 e. The van der Waals surface area contributed by atoms with E-state index in [4.69, 9.17) is 0 Å². The average molecular weight is 502 g/mol. The molecule has 0 heterocycles. The predicted octanol–water partition coefficient (Wildman–Crippen LogP) is 9.64. The first kappa shape index (κ1) is 23.8. The number of hydrogen-bond acceptors (Lipinski definition) is 0. The van der Waals surface area contributed by atoms with E-state index in [1.54, 1.807) is 48.5 Å². The van der Waals surface area contributed by atoms with Gasteiger partial charge in [-0.15, -0.1) is 0 Å². The minimum absolute atomic E-state index is 0.0951. The van der Waals surface area contributed by atoms with E-state index in [1.165, 1.54) is 12.1 Å². The topological polar surface area (TPSA) is 0 Å². The summed E-state index contributed by atoms with van der Waals surface area (Å²) in [5.41, 5.74) is -1.92. The van der Waals surface area contributed by atoms with Crippen LogP contribution in [0.4, 0.5) is 35.1 Å². The monoisotopic (exact) mass is 502 g/mol. The third kappa shape index (κ3) is 3.96. The molecule has 36 heavy (non-hydrogen) atoms. The zero-order valence-corrected chi connectivity index (χ0v) is 18.1. The molecule has 0 radical (unpaired) electrons. The van der Waals surface area contributed by atoms with Crippen molar-refractivity contribution >= 4 is 21.5 Å². The standard InChI is InChI=1S/C28H14F8/c29-23-11-9-15(13-21(23)27(31,32)33)25-17-5-1-2-6-18(17)26(20-8-4-3-7-19(20)25)16-10-12-24(30)22(14-16)28(34,35)36/h1-14H. The third-order valence-corrected chi connectivity index (χ3v) is 6.05. The number of alkyl halides is 6. The maximum atomic E-state index is 14.0. The van der Waals surface area contributed by atoms with E-state index in [2.05, 4.69) is 0 Å². The van der Waals surface area contributed by atoms with Crippen LogP contribution >= 0.6 is 0 Å². The lowest BCUT2D eigenvalue weighted by Gasteiger charge is -2.19. The fourth-order valence-corrected chi connectivity index (χ4v) is 4.55. The molecule has 0 bridgehead atoms. The Kier molecular flexibility index (Phi) is 5.50. The van der Waals surface area contributed by atoms with Gasteiger partial charge < -0.3 is 0 Å². The molecule has 0 aliphatic rings. The molecule has 0 saturated heterocycles. The Bertz CT molecular complexity index is 1450. The van der Waals surface area contributed by atoms with Crippen LogP contribution in [0.15, 0.2) is 84.9 Å². The van der Waals surface area contributed by atoms with Gasteiger partial charge in [0.15, 0.2) is 0 Å². The minimum atomic E-state index is -4.92. The van der Waals surface area contributed by atoms with E-state index in [0.29, 0.717) is 32.7 Å². The Morgan fingerprint density at radius 2 is 0.722 bits per heavy atom. The molecule has 0 aliphatic carbocycles. The van der Waals surface area contributed by atoms with Crippen molar-refractivity contribution in [1.82, 2.24) is 0 Å². The first-order chi connectivity index (χ1) is 17.0. The van der Waals surface area contributed by atoms with Crippen LogP contribution in [0.5, 0.6) is 0 Å². The lowest BCUT2D eigenvalue weighted by Crippen LogP contribution is -2.08. The highest BCUT2D eigenvalue weighted by Crippen LogP contribution is 2.45. The summed E-state index contributed by atoms with van der Waals surface area (Å²) < 4.78 is 109. The zero-order chi connectivity index (χ0) is 25.8. The van der Waals surface area contributed by atoms with Crippen molar-refractivity contribution in [3.05, 3.63) is 108 Å². The van der Waals surface area contributed by atoms with E-state index < -0.39 is 35.1 Å². The summed E-state index contributed by atoms with van der Waals surface area (Å²) in [5.74, 6) is -2.83. The maximum absolute atomic E-state index is 14.0. The van der Waals surface area contributed by atoms with Gasteiger partial charge in [-0.25, -0.2) is 8.78 Å². The number of rotatable bonds is 2. The normalized spacial score (nSPS) is 12.4. The van der Waals surface area contributed by atoms with Gasteiger partial charge in [0.05, 0.1) is 11.1 Å². The molecule has 0 atom stereocenters. The fourth-order valence-electron chi connectivity index (χ4n) is 4.55. The summed E-state index contributed by atoms with van der Waals surface area (Å²) in [6.07, 6.45) is -9.85. The zero-order valence-electron chi connectivity index (χ0n) is 18.1. The second-order valence-corrected chi connectivity index (χ2v) is 8.23. The summed E-state index contributed by atoms with van der Waals surface area (Å²) in [5, 5.41) is 1.79. The van der Waals surface area contributed by atoms with Gasteiger partial charge in [0, 0.05) is 0 Å². The third-order valence-electron chi connectivity index (χ3n) is 6.05. The van der Waals surface area contributed by atoms with E-state index >= 15 is 0 Å². The van der Waals surface area contributed by atoms with Crippen molar-refractivity contribution in [2.75, 3.05) is 0 Å². The molecule has 0 nitrogen and oxygen atoms in total. The number of hydrogen-bond donors (Lipinski definition) is 0. The number of halogens is 8. The van der Waals surface area contributed by atoms with Gasteiger partial charge in [0.1, 0.15) is 11.6 Å². The SMILES string of the molecule is Fc1ccc(-c2c3ccccc3c(-c3ccc(F)c(C(F)(F)F)c3)c3ccccc23)cc1C(F)(F)F. The van der Waals surface area contributed by atoms with Gasteiger partial charge in [-0.2, -0.15) is 26.3 Å². The second-order valence-electron chi connectivity index (χ2n) is 8.23. The molecule has 8 heteroatoms. The van der Waals surface area contributed by atoms with Crippen LogP contribution in [0.1, 0.15) is 11.1 Å². The molecular weight excluding hydrogens is 488 g/mol. The first-order valence-electron chi connectivity index (χ1n) is 10.6. The highest BCUT2D eigenvalue weighted by atomic mass is 19.4. The quantitative estimate of drug-likeness (QED) is 0.167. The molecule has 0 saturated carbocycles. The first-order valence-corrected chi connectivity index (χ1v) is 10.6. The molecule has 5 aromatic rings. The van der Waals surface area contributed by atoms with Crippen LogP contribution in [0.2, 0.25) is 0 Å². The summed E-state index contributed by atoms with van der Waals surface area (Å²) in [4.78, 5) is 0. The molecule has 0 amide bonds. The van der Waals surface area contributed by atoms with Crippen molar-refractivity contribution < 1.29 is 35.1 Å². The predicted molar refractivity (Wildman–Crippen MR) is 122 cm³/mol. The molecule has 0 unspecified atom stereocenters. The largest absolute Gasteiger partial charge is 0.419 e. The Morgan fingerprint density at radius 3 is 1.00 bits per heavy atom. The lowest BCUT2D eigenvalue weighted by atomic mass is 9.85. The molecule has 182 valence electrons. The van der Waals surface area contributed by atoms with Crippen molar-refractivity contribution in [1.29, 1.82) is 0 Å². The molecule has 0 aromatic heterocycles. The van der Waals surface area contributed by atoms with Crippen LogP contribution in [0, 0.1) is 11.6 Å². The summed E-state index contributed by atoms with van der Waals surface area (Å²) >= 11 is 0. The second kappa shape index (κ2) is 8.33. The summed E-state index contributed by atoms with van der Waals surface area (Å²) in [7, 11) is 0. The van der Waals surface area contributed by atoms with Crippen LogP contribution in [-0.4, -0.2) is 0 Å². The Labute approximate surface area is 199 Å². The van der Waals surface area contributed by atoms with Gasteiger partial charge >= 0.3 is 12.4 Å². The van der Waals surface area contributed by atoms with Gasteiger partial charge in [0.25, 0.3) is 0 Å². The van der Waals surface area contributed by atoms with E-state index in [-0.39, 0.29) is 11.1 Å². The molecule has 0 fully saturated rings. The average Bonchev–Trinajstić information content (AvgIpc) is 2.82. The Morgan fingerprint density at radius 1 is 0.417 bits per heavy atom. The van der Waals surface area contributed by atoms with Crippen LogP contribution in [-0.2, 0) is 12.4 Å². The van der Waals surface area contributed by atoms with Crippen LogP contribution < -0.4 is 0 Å².